The maximum Gasteiger partial charge on any atom is 0.137 e. The van der Waals surface area contributed by atoms with Crippen LogP contribution in [0, 0.1) is 5.82 Å². The molecular formula is C15H17BrFN3. The van der Waals surface area contributed by atoms with Crippen molar-refractivity contribution in [3.05, 3.63) is 58.3 Å². The van der Waals surface area contributed by atoms with E-state index in [0.29, 0.717) is 4.47 Å². The minimum absolute atomic E-state index is 0.0843. The fourth-order valence-electron chi connectivity index (χ4n) is 1.99. The molecule has 2 rings (SSSR count). The number of halogens is 2. The van der Waals surface area contributed by atoms with Crippen molar-refractivity contribution in [2.75, 3.05) is 6.54 Å². The lowest BCUT2D eigenvalue weighted by molar-refractivity contribution is 0.515. The summed E-state index contributed by atoms with van der Waals surface area (Å²) in [5.74, 6) is -0.244. The number of nitrogens with zero attached hydrogens (tertiary/aromatic N) is 2. The van der Waals surface area contributed by atoms with Crippen molar-refractivity contribution in [3.8, 4) is 0 Å². The Bertz CT molecular complexity index is 548. The van der Waals surface area contributed by atoms with Gasteiger partial charge in [0.25, 0.3) is 0 Å². The van der Waals surface area contributed by atoms with Crippen molar-refractivity contribution < 1.29 is 4.39 Å². The van der Waals surface area contributed by atoms with Gasteiger partial charge in [0.05, 0.1) is 16.2 Å². The van der Waals surface area contributed by atoms with Crippen LogP contribution in [0.25, 0.3) is 0 Å². The fourth-order valence-corrected chi connectivity index (χ4v) is 2.42. The van der Waals surface area contributed by atoms with Crippen LogP contribution in [0.3, 0.4) is 0 Å². The van der Waals surface area contributed by atoms with E-state index in [1.807, 2.05) is 6.07 Å². The Morgan fingerprint density at radius 2 is 2.20 bits per heavy atom. The highest BCUT2D eigenvalue weighted by Gasteiger charge is 2.13. The van der Waals surface area contributed by atoms with Gasteiger partial charge in [-0.3, -0.25) is 9.97 Å². The van der Waals surface area contributed by atoms with E-state index in [4.69, 9.17) is 0 Å². The molecule has 1 aromatic heterocycles. The van der Waals surface area contributed by atoms with Gasteiger partial charge < -0.3 is 5.32 Å². The quantitative estimate of drug-likeness (QED) is 0.873. The van der Waals surface area contributed by atoms with Crippen molar-refractivity contribution in [1.82, 2.24) is 15.3 Å². The van der Waals surface area contributed by atoms with Crippen LogP contribution in [-0.2, 0) is 6.42 Å². The molecule has 1 N–H and O–H groups in total. The lowest BCUT2D eigenvalue weighted by Gasteiger charge is -2.18. The van der Waals surface area contributed by atoms with Crippen LogP contribution in [0.5, 0.6) is 0 Å². The average molecular weight is 338 g/mol. The molecule has 0 saturated carbocycles. The molecule has 2 aromatic rings. The van der Waals surface area contributed by atoms with Gasteiger partial charge in [-0.15, -0.1) is 0 Å². The molecule has 1 unspecified atom stereocenters. The third kappa shape index (κ3) is 4.08. The summed E-state index contributed by atoms with van der Waals surface area (Å²) in [7, 11) is 0. The third-order valence-electron chi connectivity index (χ3n) is 3.00. The predicted octanol–water partition coefficient (Wildman–Crippen LogP) is 3.66. The summed E-state index contributed by atoms with van der Waals surface area (Å²) < 4.78 is 13.8. The van der Waals surface area contributed by atoms with Crippen molar-refractivity contribution in [3.63, 3.8) is 0 Å². The zero-order chi connectivity index (χ0) is 14.4. The summed E-state index contributed by atoms with van der Waals surface area (Å²) in [6.45, 7) is 3.03. The van der Waals surface area contributed by atoms with Gasteiger partial charge in [0.1, 0.15) is 5.82 Å². The zero-order valence-electron chi connectivity index (χ0n) is 11.3. The monoisotopic (exact) mass is 337 g/mol. The SMILES string of the molecule is CCCNC(Cc1ccc(F)c(Br)c1)c1cnccn1. The summed E-state index contributed by atoms with van der Waals surface area (Å²) in [6, 6.07) is 5.18. The smallest absolute Gasteiger partial charge is 0.137 e. The Kier molecular flexibility index (Phi) is 5.61. The predicted molar refractivity (Wildman–Crippen MR) is 80.9 cm³/mol. The van der Waals surface area contributed by atoms with Gasteiger partial charge in [-0.05, 0) is 53.0 Å². The fraction of sp³-hybridized carbons (Fsp3) is 0.333. The second-order valence-electron chi connectivity index (χ2n) is 4.59. The molecular weight excluding hydrogens is 321 g/mol. The van der Waals surface area contributed by atoms with E-state index in [9.17, 15) is 4.39 Å². The van der Waals surface area contributed by atoms with E-state index >= 15 is 0 Å². The van der Waals surface area contributed by atoms with Gasteiger partial charge in [-0.25, -0.2) is 4.39 Å². The van der Waals surface area contributed by atoms with Crippen LogP contribution in [0.15, 0.2) is 41.3 Å². The van der Waals surface area contributed by atoms with Gasteiger partial charge in [-0.1, -0.05) is 13.0 Å². The first kappa shape index (κ1) is 15.1. The molecule has 1 aromatic carbocycles. The largest absolute Gasteiger partial charge is 0.308 e. The normalized spacial score (nSPS) is 12.3. The average Bonchev–Trinajstić information content (AvgIpc) is 2.48. The van der Waals surface area contributed by atoms with Gasteiger partial charge in [-0.2, -0.15) is 0 Å². The number of benzene rings is 1. The molecule has 1 heterocycles. The first-order valence-corrected chi connectivity index (χ1v) is 7.43. The highest BCUT2D eigenvalue weighted by molar-refractivity contribution is 9.10. The van der Waals surface area contributed by atoms with E-state index in [1.54, 1.807) is 24.7 Å². The Morgan fingerprint density at radius 3 is 2.85 bits per heavy atom. The standard InChI is InChI=1S/C15H17BrFN3/c1-2-5-19-14(15-10-18-6-7-20-15)9-11-3-4-13(17)12(16)8-11/h3-4,6-8,10,14,19H,2,5,9H2,1H3. The third-order valence-corrected chi connectivity index (χ3v) is 3.61. The van der Waals surface area contributed by atoms with Gasteiger partial charge in [0.15, 0.2) is 0 Å². The Hall–Kier alpha value is -1.33. The van der Waals surface area contributed by atoms with Gasteiger partial charge >= 0.3 is 0 Å². The number of hydrogen-bond acceptors (Lipinski definition) is 3. The number of rotatable bonds is 6. The Balaban J connectivity index is 2.17. The molecule has 5 heteroatoms. The van der Waals surface area contributed by atoms with E-state index in [2.05, 4.69) is 38.1 Å². The second kappa shape index (κ2) is 7.45. The molecule has 3 nitrogen and oxygen atoms in total. The van der Waals surface area contributed by atoms with Crippen LogP contribution in [-0.4, -0.2) is 16.5 Å². The summed E-state index contributed by atoms with van der Waals surface area (Å²) in [4.78, 5) is 8.47. The highest BCUT2D eigenvalue weighted by atomic mass is 79.9. The number of hydrogen-bond donors (Lipinski definition) is 1. The van der Waals surface area contributed by atoms with Crippen molar-refractivity contribution in [1.29, 1.82) is 0 Å². The van der Waals surface area contributed by atoms with Crippen LogP contribution in [0.4, 0.5) is 4.39 Å². The van der Waals surface area contributed by atoms with E-state index < -0.39 is 0 Å². The number of nitrogens with one attached hydrogen (secondary N) is 1. The summed E-state index contributed by atoms with van der Waals surface area (Å²) >= 11 is 3.22. The van der Waals surface area contributed by atoms with Crippen molar-refractivity contribution >= 4 is 15.9 Å². The lowest BCUT2D eigenvalue weighted by atomic mass is 10.0. The minimum atomic E-state index is -0.244. The summed E-state index contributed by atoms with van der Waals surface area (Å²) in [5.41, 5.74) is 1.96. The van der Waals surface area contributed by atoms with E-state index in [-0.39, 0.29) is 11.9 Å². The molecule has 0 bridgehead atoms. The zero-order valence-corrected chi connectivity index (χ0v) is 12.9. The Labute approximate surface area is 126 Å². The maximum atomic E-state index is 13.3. The second-order valence-corrected chi connectivity index (χ2v) is 5.44. The molecule has 1 atom stereocenters. The van der Waals surface area contributed by atoms with Crippen LogP contribution in [0.2, 0.25) is 0 Å². The van der Waals surface area contributed by atoms with Gasteiger partial charge in [0, 0.05) is 18.6 Å². The number of aromatic nitrogens is 2. The molecule has 0 saturated heterocycles. The maximum absolute atomic E-state index is 13.3. The molecule has 0 aliphatic heterocycles. The molecule has 0 amide bonds. The van der Waals surface area contributed by atoms with Crippen LogP contribution < -0.4 is 5.32 Å². The molecule has 106 valence electrons. The molecule has 20 heavy (non-hydrogen) atoms. The Morgan fingerprint density at radius 1 is 1.35 bits per heavy atom. The minimum Gasteiger partial charge on any atom is -0.308 e. The molecule has 0 aliphatic carbocycles. The first-order chi connectivity index (χ1) is 9.70. The molecule has 0 spiro atoms. The van der Waals surface area contributed by atoms with Gasteiger partial charge in [0.2, 0.25) is 0 Å². The summed E-state index contributed by atoms with van der Waals surface area (Å²) in [6.07, 6.45) is 6.92. The van der Waals surface area contributed by atoms with Crippen LogP contribution >= 0.6 is 15.9 Å². The topological polar surface area (TPSA) is 37.8 Å². The van der Waals surface area contributed by atoms with E-state index in [0.717, 1.165) is 30.6 Å². The van der Waals surface area contributed by atoms with Crippen molar-refractivity contribution in [2.45, 2.75) is 25.8 Å². The highest BCUT2D eigenvalue weighted by Crippen LogP contribution is 2.21. The van der Waals surface area contributed by atoms with Crippen molar-refractivity contribution in [2.24, 2.45) is 0 Å². The first-order valence-electron chi connectivity index (χ1n) is 6.64. The molecule has 0 fully saturated rings. The van der Waals surface area contributed by atoms with Crippen LogP contribution in [0.1, 0.15) is 30.6 Å². The molecule has 0 aliphatic rings. The molecule has 0 radical (unpaired) electrons. The lowest BCUT2D eigenvalue weighted by Crippen LogP contribution is -2.25. The van der Waals surface area contributed by atoms with E-state index in [1.165, 1.54) is 6.07 Å². The summed E-state index contributed by atoms with van der Waals surface area (Å²) in [5, 5.41) is 3.46.